The second kappa shape index (κ2) is 14.9. The molecule has 9 nitrogen and oxygen atoms in total. The van der Waals surface area contributed by atoms with Crippen molar-refractivity contribution in [2.24, 2.45) is 5.92 Å². The lowest BCUT2D eigenvalue weighted by molar-refractivity contribution is -0.138. The van der Waals surface area contributed by atoms with Gasteiger partial charge in [-0.3, -0.25) is 0 Å². The highest BCUT2D eigenvalue weighted by Crippen LogP contribution is 2.27. The molecular formula is C30H43ClF3N5O4S2. The van der Waals surface area contributed by atoms with Crippen LogP contribution in [0.3, 0.4) is 0 Å². The Balaban J connectivity index is 1.59. The molecule has 2 aliphatic rings. The molecule has 252 valence electrons. The Morgan fingerprint density at radius 1 is 0.844 bits per heavy atom. The highest BCUT2D eigenvalue weighted by molar-refractivity contribution is 7.89. The maximum Gasteiger partial charge on any atom is 0.390 e. The number of nitrogens with zero attached hydrogens (tertiary/aromatic N) is 5. The van der Waals surface area contributed by atoms with Crippen molar-refractivity contribution in [3.8, 4) is 0 Å². The van der Waals surface area contributed by atoms with E-state index in [-0.39, 0.29) is 69.7 Å². The van der Waals surface area contributed by atoms with Gasteiger partial charge in [-0.05, 0) is 85.8 Å². The van der Waals surface area contributed by atoms with Gasteiger partial charge < -0.3 is 9.80 Å². The molecule has 1 saturated heterocycles. The number of hydrogen-bond acceptors (Lipinski definition) is 6. The van der Waals surface area contributed by atoms with Crippen molar-refractivity contribution in [2.45, 2.75) is 50.2 Å². The monoisotopic (exact) mass is 693 g/mol. The summed E-state index contributed by atoms with van der Waals surface area (Å²) in [6, 6.07) is 11.9. The molecule has 0 radical (unpaired) electrons. The number of alkyl halides is 3. The highest BCUT2D eigenvalue weighted by atomic mass is 35.5. The van der Waals surface area contributed by atoms with E-state index in [9.17, 15) is 30.0 Å². The molecular weight excluding hydrogens is 651 g/mol. The van der Waals surface area contributed by atoms with E-state index >= 15 is 0 Å². The summed E-state index contributed by atoms with van der Waals surface area (Å²) in [7, 11) is -4.23. The van der Waals surface area contributed by atoms with Crippen LogP contribution in [-0.2, 0) is 33.2 Å². The van der Waals surface area contributed by atoms with E-state index in [0.717, 1.165) is 16.8 Å². The predicted molar refractivity (Wildman–Crippen MR) is 171 cm³/mol. The van der Waals surface area contributed by atoms with Crippen molar-refractivity contribution >= 4 is 37.5 Å². The normalized spacial score (nSPS) is 21.1. The lowest BCUT2D eigenvalue weighted by Gasteiger charge is -2.36. The summed E-state index contributed by atoms with van der Waals surface area (Å²) in [5.74, 6) is -0.354. The Morgan fingerprint density at radius 2 is 1.47 bits per heavy atom. The van der Waals surface area contributed by atoms with Crippen LogP contribution in [0, 0.1) is 5.92 Å². The van der Waals surface area contributed by atoms with Gasteiger partial charge in [0.15, 0.2) is 0 Å². The van der Waals surface area contributed by atoms with Crippen molar-refractivity contribution in [3.05, 3.63) is 58.6 Å². The zero-order valence-corrected chi connectivity index (χ0v) is 28.4. The van der Waals surface area contributed by atoms with Crippen LogP contribution in [0.25, 0.3) is 0 Å². The number of sulfonamides is 1. The molecule has 1 fully saturated rings. The van der Waals surface area contributed by atoms with Gasteiger partial charge in [0.25, 0.3) is 10.2 Å². The van der Waals surface area contributed by atoms with Crippen molar-refractivity contribution in [1.29, 1.82) is 0 Å². The Labute approximate surface area is 270 Å². The fraction of sp³-hybridized carbons (Fsp3) is 0.600. The largest absolute Gasteiger partial charge is 0.390 e. The molecule has 0 aliphatic carbocycles. The molecule has 15 heteroatoms. The molecule has 0 saturated carbocycles. The van der Waals surface area contributed by atoms with Crippen LogP contribution in [0.1, 0.15) is 37.3 Å². The second-order valence-electron chi connectivity index (χ2n) is 12.1. The first-order chi connectivity index (χ1) is 21.1. The van der Waals surface area contributed by atoms with E-state index in [1.807, 2.05) is 38.1 Å². The number of halogens is 4. The minimum atomic E-state index is -4.34. The Morgan fingerprint density at radius 3 is 2.09 bits per heavy atom. The third-order valence-corrected chi connectivity index (χ3v) is 12.4. The van der Waals surface area contributed by atoms with Crippen LogP contribution in [-0.4, -0.2) is 107 Å². The SMILES string of the molecule is C[C@H]1CN(S(=O)(=O)c2ccc(N(C)C)cc2)CCCN(CCC(F)(F)F)CCCN(S(=O)(=O)N2CCc3cc(Cl)ccc3C2)C1. The number of rotatable bonds is 7. The first kappa shape index (κ1) is 35.9. The minimum Gasteiger partial charge on any atom is -0.378 e. The predicted octanol–water partition coefficient (Wildman–Crippen LogP) is 4.69. The first-order valence-corrected chi connectivity index (χ1v) is 18.4. The highest BCUT2D eigenvalue weighted by Gasteiger charge is 2.35. The van der Waals surface area contributed by atoms with Crippen LogP contribution in [0.2, 0.25) is 5.02 Å². The lowest BCUT2D eigenvalue weighted by atomic mass is 10.0. The van der Waals surface area contributed by atoms with E-state index in [4.69, 9.17) is 11.6 Å². The van der Waals surface area contributed by atoms with Crippen LogP contribution in [0.5, 0.6) is 0 Å². The molecule has 0 bridgehead atoms. The molecule has 0 spiro atoms. The molecule has 0 amide bonds. The van der Waals surface area contributed by atoms with Crippen LogP contribution < -0.4 is 4.90 Å². The summed E-state index contributed by atoms with van der Waals surface area (Å²) in [5, 5.41) is 0.588. The van der Waals surface area contributed by atoms with Crippen molar-refractivity contribution in [2.75, 3.05) is 71.4 Å². The molecule has 2 aliphatic heterocycles. The molecule has 4 rings (SSSR count). The summed E-state index contributed by atoms with van der Waals surface area (Å²) in [6.07, 6.45) is -4.13. The molecule has 45 heavy (non-hydrogen) atoms. The Kier molecular flexibility index (Phi) is 11.9. The van der Waals surface area contributed by atoms with E-state index in [1.54, 1.807) is 35.2 Å². The third-order valence-electron chi connectivity index (χ3n) is 8.29. The molecule has 2 aromatic rings. The smallest absolute Gasteiger partial charge is 0.378 e. The summed E-state index contributed by atoms with van der Waals surface area (Å²) in [5.41, 5.74) is 2.70. The molecule has 0 N–H and O–H groups in total. The number of hydrogen-bond donors (Lipinski definition) is 0. The topological polar surface area (TPSA) is 84.5 Å². The van der Waals surface area contributed by atoms with Gasteiger partial charge in [-0.1, -0.05) is 24.6 Å². The zero-order chi connectivity index (χ0) is 33.0. The van der Waals surface area contributed by atoms with Gasteiger partial charge in [0, 0.05) is 70.6 Å². The van der Waals surface area contributed by atoms with Gasteiger partial charge >= 0.3 is 6.18 Å². The van der Waals surface area contributed by atoms with Crippen molar-refractivity contribution in [1.82, 2.24) is 17.8 Å². The van der Waals surface area contributed by atoms with Gasteiger partial charge in [0.05, 0.1) is 11.3 Å². The summed E-state index contributed by atoms with van der Waals surface area (Å²) < 4.78 is 99.2. The lowest BCUT2D eigenvalue weighted by Crippen LogP contribution is -2.49. The van der Waals surface area contributed by atoms with Gasteiger partial charge in [-0.15, -0.1) is 0 Å². The minimum absolute atomic E-state index is 0.0632. The molecule has 2 aromatic carbocycles. The second-order valence-corrected chi connectivity index (χ2v) is 16.4. The Bertz CT molecular complexity index is 1510. The van der Waals surface area contributed by atoms with E-state index < -0.39 is 32.8 Å². The number of anilines is 1. The van der Waals surface area contributed by atoms with E-state index in [1.165, 1.54) is 12.9 Å². The quantitative estimate of drug-likeness (QED) is 0.419. The number of fused-ring (bicyclic) bond motifs is 1. The van der Waals surface area contributed by atoms with Crippen LogP contribution >= 0.6 is 11.6 Å². The molecule has 0 unspecified atom stereocenters. The average Bonchev–Trinajstić information content (AvgIpc) is 2.96. The average molecular weight is 694 g/mol. The van der Waals surface area contributed by atoms with Gasteiger partial charge in [0.2, 0.25) is 10.0 Å². The van der Waals surface area contributed by atoms with Gasteiger partial charge in [-0.25, -0.2) is 8.42 Å². The van der Waals surface area contributed by atoms with Crippen molar-refractivity contribution in [3.63, 3.8) is 0 Å². The zero-order valence-electron chi connectivity index (χ0n) is 26.0. The molecule has 2 heterocycles. The standard InChI is InChI=1S/C30H43ClF3N5O4S2/c1-24-21-37(44(40,41)29-10-8-28(9-11-29)35(2)3)16-4-14-36(19-13-30(32,33)34)15-5-17-38(22-24)45(42,43)39-18-12-25-20-27(31)7-6-26(25)23-39/h6-11,20,24H,4-5,12-19,21-23H2,1-3H3/t24-/m0/s1. The summed E-state index contributed by atoms with van der Waals surface area (Å²) in [4.78, 5) is 3.62. The van der Waals surface area contributed by atoms with Crippen LogP contribution in [0.15, 0.2) is 47.4 Å². The van der Waals surface area contributed by atoms with Crippen LogP contribution in [0.4, 0.5) is 18.9 Å². The third kappa shape index (κ3) is 9.55. The van der Waals surface area contributed by atoms with E-state index in [0.29, 0.717) is 24.3 Å². The fourth-order valence-electron chi connectivity index (χ4n) is 5.85. The maximum absolute atomic E-state index is 14.0. The number of benzene rings is 2. The van der Waals surface area contributed by atoms with Crippen molar-refractivity contribution < 1.29 is 30.0 Å². The first-order valence-electron chi connectivity index (χ1n) is 15.2. The molecule has 0 aromatic heterocycles. The summed E-state index contributed by atoms with van der Waals surface area (Å²) >= 11 is 6.13. The Hall–Kier alpha value is -1.94. The van der Waals surface area contributed by atoms with Gasteiger partial charge in [-0.2, -0.15) is 34.5 Å². The van der Waals surface area contributed by atoms with E-state index in [2.05, 4.69) is 0 Å². The van der Waals surface area contributed by atoms with Gasteiger partial charge in [0.1, 0.15) is 0 Å². The fourth-order valence-corrected chi connectivity index (χ4v) is 9.39. The molecule has 1 atom stereocenters. The maximum atomic E-state index is 14.0. The summed E-state index contributed by atoms with van der Waals surface area (Å²) in [6.45, 7) is 2.90.